The summed E-state index contributed by atoms with van der Waals surface area (Å²) in [6.45, 7) is 0.404. The van der Waals surface area contributed by atoms with Gasteiger partial charge in [-0.15, -0.1) is 0 Å². The number of hydrogen-bond donors (Lipinski definition) is 1. The molecule has 2 aromatic rings. The summed E-state index contributed by atoms with van der Waals surface area (Å²) < 4.78 is 11.6. The van der Waals surface area contributed by atoms with Gasteiger partial charge in [0.15, 0.2) is 11.5 Å². The van der Waals surface area contributed by atoms with Crippen LogP contribution >= 0.6 is 15.9 Å². The monoisotopic (exact) mass is 352 g/mol. The molecule has 2 N–H and O–H groups in total. The summed E-state index contributed by atoms with van der Waals surface area (Å²) in [5.41, 5.74) is 6.46. The Labute approximate surface area is 129 Å². The number of halogens is 1. The molecule has 0 heterocycles. The van der Waals surface area contributed by atoms with Gasteiger partial charge in [-0.05, 0) is 23.8 Å². The summed E-state index contributed by atoms with van der Waals surface area (Å²) in [7, 11) is 1.47. The van der Waals surface area contributed by atoms with Crippen LogP contribution in [0.5, 0.6) is 17.2 Å². The van der Waals surface area contributed by atoms with Gasteiger partial charge in [-0.2, -0.15) is 0 Å². The molecule has 0 aliphatic heterocycles. The molecule has 0 radical (unpaired) electrons. The number of hydrogen-bond acceptors (Lipinski definition) is 5. The highest BCUT2D eigenvalue weighted by Crippen LogP contribution is 2.35. The molecular formula is C14H13BrN2O4. The van der Waals surface area contributed by atoms with Gasteiger partial charge >= 0.3 is 0 Å². The van der Waals surface area contributed by atoms with Crippen LogP contribution in [-0.4, -0.2) is 12.0 Å². The van der Waals surface area contributed by atoms with Crippen LogP contribution in [0.25, 0.3) is 0 Å². The average Bonchev–Trinajstić information content (AvgIpc) is 2.47. The van der Waals surface area contributed by atoms with Gasteiger partial charge in [0.05, 0.1) is 18.1 Å². The van der Waals surface area contributed by atoms with Gasteiger partial charge < -0.3 is 15.2 Å². The molecule has 2 aromatic carbocycles. The van der Waals surface area contributed by atoms with E-state index in [9.17, 15) is 10.1 Å². The van der Waals surface area contributed by atoms with Crippen molar-refractivity contribution in [2.24, 2.45) is 5.73 Å². The van der Waals surface area contributed by atoms with E-state index in [1.165, 1.54) is 25.3 Å². The third-order valence-electron chi connectivity index (χ3n) is 2.83. The van der Waals surface area contributed by atoms with E-state index in [4.69, 9.17) is 15.2 Å². The van der Waals surface area contributed by atoms with Crippen molar-refractivity contribution >= 4 is 21.6 Å². The standard InChI is InChI=1S/C14H13BrN2O4/c1-20-13-5-3-10(17(18)19)6-14(13)21-11-4-2-9(8-16)12(15)7-11/h2-7H,8,16H2,1H3. The van der Waals surface area contributed by atoms with Gasteiger partial charge in [0.2, 0.25) is 0 Å². The normalized spacial score (nSPS) is 10.2. The topological polar surface area (TPSA) is 87.6 Å². The summed E-state index contributed by atoms with van der Waals surface area (Å²) >= 11 is 3.39. The first-order valence-electron chi connectivity index (χ1n) is 6.04. The lowest BCUT2D eigenvalue weighted by Gasteiger charge is -2.11. The van der Waals surface area contributed by atoms with Crippen LogP contribution in [0.3, 0.4) is 0 Å². The highest BCUT2D eigenvalue weighted by molar-refractivity contribution is 9.10. The van der Waals surface area contributed by atoms with E-state index in [0.29, 0.717) is 18.0 Å². The van der Waals surface area contributed by atoms with Crippen molar-refractivity contribution in [2.45, 2.75) is 6.54 Å². The van der Waals surface area contributed by atoms with Crippen LogP contribution in [0.4, 0.5) is 5.69 Å². The fourth-order valence-corrected chi connectivity index (χ4v) is 2.26. The lowest BCUT2D eigenvalue weighted by Crippen LogP contribution is -1.98. The van der Waals surface area contributed by atoms with E-state index in [1.807, 2.05) is 6.07 Å². The van der Waals surface area contributed by atoms with Crippen LogP contribution in [0.2, 0.25) is 0 Å². The molecule has 21 heavy (non-hydrogen) atoms. The van der Waals surface area contributed by atoms with Crippen LogP contribution in [0.15, 0.2) is 40.9 Å². The van der Waals surface area contributed by atoms with Crippen LogP contribution in [0.1, 0.15) is 5.56 Å². The lowest BCUT2D eigenvalue weighted by molar-refractivity contribution is -0.384. The Kier molecular flexibility index (Phi) is 4.77. The maximum absolute atomic E-state index is 10.8. The first-order chi connectivity index (χ1) is 10.0. The molecule has 0 spiro atoms. The van der Waals surface area contributed by atoms with Crippen molar-refractivity contribution in [1.29, 1.82) is 0 Å². The predicted molar refractivity (Wildman–Crippen MR) is 81.8 cm³/mol. The Balaban J connectivity index is 2.35. The van der Waals surface area contributed by atoms with Gasteiger partial charge in [-0.1, -0.05) is 22.0 Å². The number of methoxy groups -OCH3 is 1. The minimum atomic E-state index is -0.486. The molecule has 110 valence electrons. The van der Waals surface area contributed by atoms with E-state index >= 15 is 0 Å². The first kappa shape index (κ1) is 15.3. The molecule has 0 saturated heterocycles. The molecule has 0 atom stereocenters. The number of rotatable bonds is 5. The lowest BCUT2D eigenvalue weighted by atomic mass is 10.2. The Morgan fingerprint density at radius 3 is 2.57 bits per heavy atom. The van der Waals surface area contributed by atoms with Crippen LogP contribution in [0, 0.1) is 10.1 Å². The summed E-state index contributed by atoms with van der Waals surface area (Å²) in [5, 5.41) is 10.8. The maximum atomic E-state index is 10.8. The van der Waals surface area contributed by atoms with Crippen molar-refractivity contribution < 1.29 is 14.4 Å². The van der Waals surface area contributed by atoms with E-state index in [2.05, 4.69) is 15.9 Å². The van der Waals surface area contributed by atoms with Crippen LogP contribution in [-0.2, 0) is 6.54 Å². The van der Waals surface area contributed by atoms with Gasteiger partial charge in [0.25, 0.3) is 5.69 Å². The molecule has 0 fully saturated rings. The molecular weight excluding hydrogens is 340 g/mol. The number of nitrogens with two attached hydrogens (primary N) is 1. The molecule has 2 rings (SSSR count). The van der Waals surface area contributed by atoms with Crippen molar-refractivity contribution in [1.82, 2.24) is 0 Å². The van der Waals surface area contributed by atoms with Crippen molar-refractivity contribution in [2.75, 3.05) is 7.11 Å². The van der Waals surface area contributed by atoms with E-state index in [0.717, 1.165) is 10.0 Å². The summed E-state index contributed by atoms with van der Waals surface area (Å²) in [6, 6.07) is 9.49. The van der Waals surface area contributed by atoms with Crippen molar-refractivity contribution in [3.05, 3.63) is 56.5 Å². The molecule has 0 amide bonds. The minimum absolute atomic E-state index is 0.0663. The maximum Gasteiger partial charge on any atom is 0.273 e. The van der Waals surface area contributed by atoms with Crippen LogP contribution < -0.4 is 15.2 Å². The van der Waals surface area contributed by atoms with E-state index in [1.54, 1.807) is 12.1 Å². The number of benzene rings is 2. The van der Waals surface area contributed by atoms with Gasteiger partial charge in [-0.25, -0.2) is 0 Å². The predicted octanol–water partition coefficient (Wildman–Crippen LogP) is 3.62. The number of non-ortho nitro benzene ring substituents is 1. The molecule has 7 heteroatoms. The quantitative estimate of drug-likeness (QED) is 0.655. The second-order valence-corrected chi connectivity index (χ2v) is 5.01. The molecule has 0 aliphatic rings. The third-order valence-corrected chi connectivity index (χ3v) is 3.57. The second kappa shape index (κ2) is 6.55. The van der Waals surface area contributed by atoms with Gasteiger partial charge in [0.1, 0.15) is 5.75 Å². The Morgan fingerprint density at radius 1 is 1.24 bits per heavy atom. The van der Waals surface area contributed by atoms with E-state index in [-0.39, 0.29) is 11.4 Å². The first-order valence-corrected chi connectivity index (χ1v) is 6.83. The SMILES string of the molecule is COc1ccc([N+](=O)[O-])cc1Oc1ccc(CN)c(Br)c1. The number of ether oxygens (including phenoxy) is 2. The molecule has 0 unspecified atom stereocenters. The number of nitro benzene ring substituents is 1. The Morgan fingerprint density at radius 2 is 2.00 bits per heavy atom. The van der Waals surface area contributed by atoms with Gasteiger partial charge in [-0.3, -0.25) is 10.1 Å². The molecule has 0 bridgehead atoms. The largest absolute Gasteiger partial charge is 0.493 e. The van der Waals surface area contributed by atoms with E-state index < -0.39 is 4.92 Å². The highest BCUT2D eigenvalue weighted by atomic mass is 79.9. The number of nitrogens with zero attached hydrogens (tertiary/aromatic N) is 1. The molecule has 0 saturated carbocycles. The average molecular weight is 353 g/mol. The second-order valence-electron chi connectivity index (χ2n) is 4.15. The zero-order valence-electron chi connectivity index (χ0n) is 11.2. The summed E-state index contributed by atoms with van der Waals surface area (Å²) in [5.74, 6) is 1.22. The molecule has 0 aliphatic carbocycles. The fourth-order valence-electron chi connectivity index (χ4n) is 1.74. The van der Waals surface area contributed by atoms with Crippen molar-refractivity contribution in [3.63, 3.8) is 0 Å². The van der Waals surface area contributed by atoms with Crippen molar-refractivity contribution in [3.8, 4) is 17.2 Å². The molecule has 6 nitrogen and oxygen atoms in total. The number of nitro groups is 1. The fraction of sp³-hybridized carbons (Fsp3) is 0.143. The highest BCUT2D eigenvalue weighted by Gasteiger charge is 2.13. The summed E-state index contributed by atoms with van der Waals surface area (Å²) in [4.78, 5) is 10.3. The Hall–Kier alpha value is -2.12. The Bertz CT molecular complexity index is 676. The van der Waals surface area contributed by atoms with Gasteiger partial charge in [0, 0.05) is 17.1 Å². The smallest absolute Gasteiger partial charge is 0.273 e. The minimum Gasteiger partial charge on any atom is -0.493 e. The third kappa shape index (κ3) is 3.50. The zero-order valence-corrected chi connectivity index (χ0v) is 12.8. The summed E-state index contributed by atoms with van der Waals surface area (Å²) in [6.07, 6.45) is 0. The zero-order chi connectivity index (χ0) is 15.4. The molecule has 0 aromatic heterocycles.